The molecule has 0 saturated heterocycles. The van der Waals surface area contributed by atoms with Gasteiger partial charge in [0.25, 0.3) is 11.8 Å². The third-order valence-electron chi connectivity index (χ3n) is 4.23. The number of nitrogens with one attached hydrogen (secondary N) is 3. The number of benzene rings is 3. The van der Waals surface area contributed by atoms with Gasteiger partial charge < -0.3 is 16.0 Å². The second kappa shape index (κ2) is 9.97. The van der Waals surface area contributed by atoms with E-state index < -0.39 is 5.82 Å². The highest BCUT2D eigenvalue weighted by molar-refractivity contribution is 6.04. The maximum atomic E-state index is 13.0. The number of amides is 3. The highest BCUT2D eigenvalue weighted by Gasteiger charge is 2.09. The SMILES string of the molecule is O=C(CNC(=O)c1ccccc1)NCc1cccc(NC(=O)c2ccc(F)cc2)c1. The van der Waals surface area contributed by atoms with Crippen molar-refractivity contribution in [1.29, 1.82) is 0 Å². The van der Waals surface area contributed by atoms with E-state index in [0.29, 0.717) is 16.8 Å². The Kier molecular flexibility index (Phi) is 6.89. The summed E-state index contributed by atoms with van der Waals surface area (Å²) in [6.07, 6.45) is 0. The summed E-state index contributed by atoms with van der Waals surface area (Å²) in [6, 6.07) is 20.9. The molecule has 0 spiro atoms. The molecule has 152 valence electrons. The van der Waals surface area contributed by atoms with E-state index in [0.717, 1.165) is 5.56 Å². The molecule has 30 heavy (non-hydrogen) atoms. The van der Waals surface area contributed by atoms with Crippen molar-refractivity contribution in [3.8, 4) is 0 Å². The minimum absolute atomic E-state index is 0.144. The molecule has 6 nitrogen and oxygen atoms in total. The van der Waals surface area contributed by atoms with Crippen molar-refractivity contribution in [1.82, 2.24) is 10.6 Å². The Balaban J connectivity index is 1.49. The van der Waals surface area contributed by atoms with Crippen LogP contribution in [0.15, 0.2) is 78.9 Å². The van der Waals surface area contributed by atoms with E-state index in [1.54, 1.807) is 54.6 Å². The van der Waals surface area contributed by atoms with Crippen LogP contribution in [0.2, 0.25) is 0 Å². The summed E-state index contributed by atoms with van der Waals surface area (Å²) < 4.78 is 13.0. The molecule has 0 aromatic heterocycles. The lowest BCUT2D eigenvalue weighted by atomic mass is 10.1. The Morgan fingerprint density at radius 2 is 1.43 bits per heavy atom. The zero-order chi connectivity index (χ0) is 21.3. The van der Waals surface area contributed by atoms with E-state index >= 15 is 0 Å². The third-order valence-corrected chi connectivity index (χ3v) is 4.23. The van der Waals surface area contributed by atoms with E-state index in [1.165, 1.54) is 24.3 Å². The van der Waals surface area contributed by atoms with Crippen LogP contribution in [-0.2, 0) is 11.3 Å². The van der Waals surface area contributed by atoms with E-state index in [2.05, 4.69) is 16.0 Å². The van der Waals surface area contributed by atoms with Gasteiger partial charge in [-0.25, -0.2) is 4.39 Å². The van der Waals surface area contributed by atoms with Crippen molar-refractivity contribution in [2.24, 2.45) is 0 Å². The molecular weight excluding hydrogens is 385 g/mol. The molecule has 0 radical (unpaired) electrons. The molecule has 0 aliphatic rings. The van der Waals surface area contributed by atoms with Crippen molar-refractivity contribution in [3.05, 3.63) is 101 Å². The smallest absolute Gasteiger partial charge is 0.255 e. The lowest BCUT2D eigenvalue weighted by molar-refractivity contribution is -0.120. The molecule has 0 unspecified atom stereocenters. The molecule has 3 aromatic rings. The van der Waals surface area contributed by atoms with Gasteiger partial charge in [0.1, 0.15) is 5.82 Å². The zero-order valence-electron chi connectivity index (χ0n) is 16.0. The molecular formula is C23H20FN3O3. The first-order chi connectivity index (χ1) is 14.5. The summed E-state index contributed by atoms with van der Waals surface area (Å²) in [5.74, 6) is -1.43. The summed E-state index contributed by atoms with van der Waals surface area (Å²) in [4.78, 5) is 36.2. The predicted molar refractivity (Wildman–Crippen MR) is 111 cm³/mol. The molecule has 7 heteroatoms. The molecule has 3 amide bonds. The van der Waals surface area contributed by atoms with Gasteiger partial charge in [-0.3, -0.25) is 14.4 Å². The van der Waals surface area contributed by atoms with Crippen molar-refractivity contribution in [2.75, 3.05) is 11.9 Å². The lowest BCUT2D eigenvalue weighted by Gasteiger charge is -2.09. The van der Waals surface area contributed by atoms with Gasteiger partial charge in [-0.1, -0.05) is 30.3 Å². The Hall–Kier alpha value is -4.00. The largest absolute Gasteiger partial charge is 0.350 e. The quantitative estimate of drug-likeness (QED) is 0.564. The van der Waals surface area contributed by atoms with Crippen LogP contribution in [0.4, 0.5) is 10.1 Å². The number of anilines is 1. The number of hydrogen-bond acceptors (Lipinski definition) is 3. The van der Waals surface area contributed by atoms with E-state index in [-0.39, 0.29) is 30.8 Å². The first-order valence-electron chi connectivity index (χ1n) is 9.27. The first kappa shape index (κ1) is 20.7. The molecule has 0 aliphatic carbocycles. The summed E-state index contributed by atoms with van der Waals surface area (Å²) >= 11 is 0. The third kappa shape index (κ3) is 6.00. The summed E-state index contributed by atoms with van der Waals surface area (Å²) in [7, 11) is 0. The van der Waals surface area contributed by atoms with Gasteiger partial charge >= 0.3 is 0 Å². The van der Waals surface area contributed by atoms with Crippen LogP contribution in [0, 0.1) is 5.82 Å². The average Bonchev–Trinajstić information content (AvgIpc) is 2.77. The predicted octanol–water partition coefficient (Wildman–Crippen LogP) is 3.12. The van der Waals surface area contributed by atoms with Crippen molar-refractivity contribution in [3.63, 3.8) is 0 Å². The normalized spacial score (nSPS) is 10.2. The second-order valence-electron chi connectivity index (χ2n) is 6.49. The van der Waals surface area contributed by atoms with Crippen LogP contribution in [0.1, 0.15) is 26.3 Å². The molecule has 0 bridgehead atoms. The molecule has 0 saturated carbocycles. The van der Waals surface area contributed by atoms with Crippen molar-refractivity contribution in [2.45, 2.75) is 6.54 Å². The van der Waals surface area contributed by atoms with Gasteiger partial charge in [0, 0.05) is 23.4 Å². The molecule has 3 aromatic carbocycles. The highest BCUT2D eigenvalue weighted by atomic mass is 19.1. The van der Waals surface area contributed by atoms with Crippen molar-refractivity contribution < 1.29 is 18.8 Å². The van der Waals surface area contributed by atoms with Crippen LogP contribution < -0.4 is 16.0 Å². The van der Waals surface area contributed by atoms with Gasteiger partial charge in [-0.15, -0.1) is 0 Å². The van der Waals surface area contributed by atoms with Crippen LogP contribution in [0.3, 0.4) is 0 Å². The number of carbonyl (C=O) groups excluding carboxylic acids is 3. The number of carbonyl (C=O) groups is 3. The number of hydrogen-bond donors (Lipinski definition) is 3. The monoisotopic (exact) mass is 405 g/mol. The molecule has 3 rings (SSSR count). The topological polar surface area (TPSA) is 87.3 Å². The van der Waals surface area contributed by atoms with Gasteiger partial charge in [-0.05, 0) is 54.1 Å². The van der Waals surface area contributed by atoms with Crippen LogP contribution in [-0.4, -0.2) is 24.3 Å². The molecule has 0 heterocycles. The fraction of sp³-hybridized carbons (Fsp3) is 0.0870. The van der Waals surface area contributed by atoms with E-state index in [4.69, 9.17) is 0 Å². The standard InChI is InChI=1S/C23H20FN3O3/c24-19-11-9-18(10-12-19)23(30)27-20-8-4-5-16(13-20)14-25-21(28)15-26-22(29)17-6-2-1-3-7-17/h1-13H,14-15H2,(H,25,28)(H,26,29)(H,27,30). The maximum absolute atomic E-state index is 13.0. The maximum Gasteiger partial charge on any atom is 0.255 e. The Morgan fingerprint density at radius 3 is 2.17 bits per heavy atom. The fourth-order valence-corrected chi connectivity index (χ4v) is 2.68. The van der Waals surface area contributed by atoms with Gasteiger partial charge in [-0.2, -0.15) is 0 Å². The Morgan fingerprint density at radius 1 is 0.733 bits per heavy atom. The number of rotatable bonds is 7. The highest BCUT2D eigenvalue weighted by Crippen LogP contribution is 2.13. The number of halogens is 1. The van der Waals surface area contributed by atoms with Crippen LogP contribution >= 0.6 is 0 Å². The first-order valence-corrected chi connectivity index (χ1v) is 9.27. The minimum Gasteiger partial charge on any atom is -0.350 e. The second-order valence-corrected chi connectivity index (χ2v) is 6.49. The summed E-state index contributed by atoms with van der Waals surface area (Å²) in [6.45, 7) is 0.0923. The minimum atomic E-state index is -0.413. The Labute approximate surface area is 173 Å². The van der Waals surface area contributed by atoms with Gasteiger partial charge in [0.05, 0.1) is 6.54 Å². The molecule has 0 aliphatic heterocycles. The van der Waals surface area contributed by atoms with E-state index in [9.17, 15) is 18.8 Å². The molecule has 3 N–H and O–H groups in total. The zero-order valence-corrected chi connectivity index (χ0v) is 16.0. The van der Waals surface area contributed by atoms with Crippen LogP contribution in [0.25, 0.3) is 0 Å². The van der Waals surface area contributed by atoms with Gasteiger partial charge in [0.15, 0.2) is 0 Å². The van der Waals surface area contributed by atoms with Crippen molar-refractivity contribution >= 4 is 23.4 Å². The molecule has 0 fully saturated rings. The average molecular weight is 405 g/mol. The van der Waals surface area contributed by atoms with Gasteiger partial charge in [0.2, 0.25) is 5.91 Å². The van der Waals surface area contributed by atoms with Crippen LogP contribution in [0.5, 0.6) is 0 Å². The van der Waals surface area contributed by atoms with E-state index in [1.807, 2.05) is 0 Å². The summed E-state index contributed by atoms with van der Waals surface area (Å²) in [5, 5.41) is 8.01. The molecule has 0 atom stereocenters. The fourth-order valence-electron chi connectivity index (χ4n) is 2.68. The summed E-state index contributed by atoms with van der Waals surface area (Å²) in [5.41, 5.74) is 2.14. The Bertz CT molecular complexity index is 1040. The lowest BCUT2D eigenvalue weighted by Crippen LogP contribution is -2.36.